The monoisotopic (exact) mass is 1110 g/mol. The van der Waals surface area contributed by atoms with Crippen LogP contribution in [0.2, 0.25) is 0 Å². The average Bonchev–Trinajstić information content (AvgIpc) is 3.47. The molecule has 12 unspecified atom stereocenters. The van der Waals surface area contributed by atoms with Gasteiger partial charge >= 0.3 is 0 Å². The molecule has 0 aliphatic carbocycles. The summed E-state index contributed by atoms with van der Waals surface area (Å²) in [5.74, 6) is -0.285. The number of nitrogens with one attached hydrogen (secondary N) is 1. The summed E-state index contributed by atoms with van der Waals surface area (Å²) in [6.45, 7) is 2.63. The summed E-state index contributed by atoms with van der Waals surface area (Å²) in [5.41, 5.74) is 0. The first-order valence-electron chi connectivity index (χ1n) is 30.6. The Kier molecular flexibility index (Phi) is 44.8. The van der Waals surface area contributed by atoms with E-state index in [9.17, 15) is 45.6 Å². The van der Waals surface area contributed by atoms with E-state index in [1.165, 1.54) is 89.9 Å². The van der Waals surface area contributed by atoms with Crippen LogP contribution >= 0.6 is 0 Å². The predicted octanol–water partition coefficient (Wildman–Crippen LogP) is 10.8. The van der Waals surface area contributed by atoms with E-state index in [1.54, 1.807) is 6.08 Å². The minimum Gasteiger partial charge on any atom is -0.394 e. The first-order chi connectivity index (χ1) is 38.6. The van der Waals surface area contributed by atoms with Crippen LogP contribution in [-0.2, 0) is 23.7 Å². The zero-order valence-electron chi connectivity index (χ0n) is 48.6. The van der Waals surface area contributed by atoms with Gasteiger partial charge in [0.05, 0.1) is 32.0 Å². The number of carbonyl (C=O) groups excluding carboxylic acids is 1. The van der Waals surface area contributed by atoms with Crippen LogP contribution in [0.25, 0.3) is 0 Å². The van der Waals surface area contributed by atoms with Crippen molar-refractivity contribution in [1.82, 2.24) is 5.32 Å². The van der Waals surface area contributed by atoms with Crippen molar-refractivity contribution >= 4 is 5.91 Å². The van der Waals surface area contributed by atoms with Gasteiger partial charge in [0.15, 0.2) is 12.6 Å². The molecule has 2 aliphatic rings. The molecule has 9 N–H and O–H groups in total. The van der Waals surface area contributed by atoms with Gasteiger partial charge < -0.3 is 65.1 Å². The van der Waals surface area contributed by atoms with Crippen LogP contribution < -0.4 is 5.32 Å². The van der Waals surface area contributed by atoms with Gasteiger partial charge in [0.2, 0.25) is 5.91 Å². The van der Waals surface area contributed by atoms with Crippen molar-refractivity contribution in [2.24, 2.45) is 0 Å². The summed E-state index contributed by atoms with van der Waals surface area (Å²) in [6, 6.07) is -0.958. The Morgan fingerprint density at radius 2 is 0.886 bits per heavy atom. The van der Waals surface area contributed by atoms with Gasteiger partial charge in [-0.1, -0.05) is 213 Å². The fourth-order valence-corrected chi connectivity index (χ4v) is 9.29. The molecular weight excluding hydrogens is 1000 g/mol. The summed E-state index contributed by atoms with van der Waals surface area (Å²) < 4.78 is 22.7. The van der Waals surface area contributed by atoms with Crippen LogP contribution in [0, 0.1) is 0 Å². The first kappa shape index (κ1) is 71.8. The molecule has 14 heteroatoms. The van der Waals surface area contributed by atoms with Crippen LogP contribution in [0.4, 0.5) is 0 Å². The van der Waals surface area contributed by atoms with Crippen molar-refractivity contribution in [3.05, 3.63) is 109 Å². The Hall–Kier alpha value is -3.35. The molecule has 0 aromatic heterocycles. The third kappa shape index (κ3) is 34.6. The summed E-state index contributed by atoms with van der Waals surface area (Å²) in [4.78, 5) is 13.3. The lowest BCUT2D eigenvalue weighted by atomic mass is 9.97. The van der Waals surface area contributed by atoms with Gasteiger partial charge in [-0.3, -0.25) is 4.79 Å². The second-order valence-electron chi connectivity index (χ2n) is 21.1. The zero-order valence-corrected chi connectivity index (χ0v) is 48.6. The molecule has 2 heterocycles. The SMILES string of the molecule is CC/C=C\C/C=C\C/C=C\C/C=C\C/C=C\C/C=C\C/C=C\CCCCCC(=O)NC(COC1OC(CO)C(OC2OC(CO)C(O)C(O)C2O)C(O)C1O)C(O)/C=C/CC/C=C/CCCCCCCCCCCCCCCC. The molecule has 452 valence electrons. The molecule has 0 aromatic carbocycles. The molecule has 2 fully saturated rings. The Balaban J connectivity index is 1.80. The maximum atomic E-state index is 13.3. The number of rotatable bonds is 47. The molecular formula is C65H109NO13. The molecule has 79 heavy (non-hydrogen) atoms. The van der Waals surface area contributed by atoms with E-state index in [0.717, 1.165) is 77.0 Å². The van der Waals surface area contributed by atoms with E-state index in [1.807, 2.05) is 6.08 Å². The molecule has 2 saturated heterocycles. The van der Waals surface area contributed by atoms with Gasteiger partial charge in [0, 0.05) is 6.42 Å². The Labute approximate surface area is 476 Å². The van der Waals surface area contributed by atoms with Crippen LogP contribution in [0.15, 0.2) is 109 Å². The quantitative estimate of drug-likeness (QED) is 0.0204. The van der Waals surface area contributed by atoms with Crippen LogP contribution in [0.1, 0.15) is 200 Å². The summed E-state index contributed by atoms with van der Waals surface area (Å²) >= 11 is 0. The zero-order chi connectivity index (χ0) is 57.4. The van der Waals surface area contributed by atoms with E-state index < -0.39 is 86.8 Å². The van der Waals surface area contributed by atoms with E-state index >= 15 is 0 Å². The summed E-state index contributed by atoms with van der Waals surface area (Å²) in [6.07, 6.45) is 52.6. The van der Waals surface area contributed by atoms with Gasteiger partial charge in [0.1, 0.15) is 48.8 Å². The molecule has 0 radical (unpaired) electrons. The maximum Gasteiger partial charge on any atom is 0.220 e. The molecule has 1 amide bonds. The van der Waals surface area contributed by atoms with Gasteiger partial charge in [-0.25, -0.2) is 0 Å². The Morgan fingerprint density at radius 3 is 1.39 bits per heavy atom. The number of allylic oxidation sites excluding steroid dienone is 17. The normalized spacial score (nSPS) is 25.2. The highest BCUT2D eigenvalue weighted by molar-refractivity contribution is 5.76. The minimum absolute atomic E-state index is 0.226. The number of unbranched alkanes of at least 4 members (excludes halogenated alkanes) is 18. The lowest BCUT2D eigenvalue weighted by molar-refractivity contribution is -0.359. The third-order valence-corrected chi connectivity index (χ3v) is 14.2. The highest BCUT2D eigenvalue weighted by Crippen LogP contribution is 2.30. The van der Waals surface area contributed by atoms with Gasteiger partial charge in [-0.15, -0.1) is 0 Å². The number of ether oxygens (including phenoxy) is 4. The molecule has 12 atom stereocenters. The molecule has 2 rings (SSSR count). The van der Waals surface area contributed by atoms with Gasteiger partial charge in [-0.05, 0) is 89.9 Å². The third-order valence-electron chi connectivity index (χ3n) is 14.2. The van der Waals surface area contributed by atoms with Crippen molar-refractivity contribution in [2.75, 3.05) is 19.8 Å². The molecule has 0 spiro atoms. The lowest BCUT2D eigenvalue weighted by Crippen LogP contribution is -2.65. The van der Waals surface area contributed by atoms with Crippen molar-refractivity contribution in [2.45, 2.75) is 274 Å². The second-order valence-corrected chi connectivity index (χ2v) is 21.1. The van der Waals surface area contributed by atoms with Crippen LogP contribution in [0.5, 0.6) is 0 Å². The fraction of sp³-hybridized carbons (Fsp3) is 0.708. The number of carbonyl (C=O) groups is 1. The number of amides is 1. The van der Waals surface area contributed by atoms with Crippen molar-refractivity contribution < 1.29 is 64.6 Å². The Morgan fingerprint density at radius 1 is 0.468 bits per heavy atom. The molecule has 0 saturated carbocycles. The van der Waals surface area contributed by atoms with E-state index in [4.69, 9.17) is 18.9 Å². The molecule has 0 bridgehead atoms. The minimum atomic E-state index is -1.80. The average molecular weight is 1110 g/mol. The summed E-state index contributed by atoms with van der Waals surface area (Å²) in [5, 5.41) is 87.1. The lowest BCUT2D eigenvalue weighted by Gasteiger charge is -2.46. The van der Waals surface area contributed by atoms with E-state index in [2.05, 4.69) is 116 Å². The number of hydrogen-bond donors (Lipinski definition) is 9. The molecule has 0 aromatic rings. The fourth-order valence-electron chi connectivity index (χ4n) is 9.29. The summed E-state index contributed by atoms with van der Waals surface area (Å²) in [7, 11) is 0. The number of aliphatic hydroxyl groups is 8. The predicted molar refractivity (Wildman–Crippen MR) is 318 cm³/mol. The van der Waals surface area contributed by atoms with E-state index in [-0.39, 0.29) is 18.9 Å². The highest BCUT2D eigenvalue weighted by atomic mass is 16.7. The second kappa shape index (κ2) is 49.3. The first-order valence-corrected chi connectivity index (χ1v) is 30.6. The molecule has 2 aliphatic heterocycles. The standard InChI is InChI=1S/C65H109NO13/c1-3-5-7-9-11-13-15-17-19-21-23-25-26-27-28-29-31-33-35-37-39-41-43-45-47-49-57(70)66-53(54(69)48-46-44-42-40-38-36-34-32-30-24-22-20-18-16-14-12-10-8-6-4-2)52-76-64-62(75)60(73)63(56(51-68)78-64)79-65-61(74)59(72)58(71)55(50-67)77-65/h5,7,11,13,17,19,23,25,27-28,31,33,37-40,46,48,53-56,58-65,67-69,71-75H,3-4,6,8-10,12,14-16,18,20-22,24,26,29-30,32,34-36,41-45,47,49-52H2,1-2H3,(H,66,70)/b7-5-,13-11-,19-17-,25-23-,28-27-,33-31-,39-37-,40-38+,48-46+. The van der Waals surface area contributed by atoms with Crippen LogP contribution in [-0.4, -0.2) is 140 Å². The highest BCUT2D eigenvalue weighted by Gasteiger charge is 2.51. The topological polar surface area (TPSA) is 228 Å². The van der Waals surface area contributed by atoms with Crippen molar-refractivity contribution in [3.8, 4) is 0 Å². The van der Waals surface area contributed by atoms with Gasteiger partial charge in [-0.2, -0.15) is 0 Å². The maximum absolute atomic E-state index is 13.3. The van der Waals surface area contributed by atoms with Crippen molar-refractivity contribution in [1.29, 1.82) is 0 Å². The van der Waals surface area contributed by atoms with Gasteiger partial charge in [0.25, 0.3) is 0 Å². The molecule has 14 nitrogen and oxygen atoms in total. The largest absolute Gasteiger partial charge is 0.394 e. The Bertz CT molecular complexity index is 1740. The van der Waals surface area contributed by atoms with Crippen LogP contribution in [0.3, 0.4) is 0 Å². The van der Waals surface area contributed by atoms with E-state index in [0.29, 0.717) is 12.8 Å². The smallest absolute Gasteiger partial charge is 0.220 e. The number of aliphatic hydroxyl groups excluding tert-OH is 8. The number of hydrogen-bond acceptors (Lipinski definition) is 13. The van der Waals surface area contributed by atoms with Crippen molar-refractivity contribution in [3.63, 3.8) is 0 Å².